The third kappa shape index (κ3) is 4.88. The molecule has 25 heavy (non-hydrogen) atoms. The zero-order valence-electron chi connectivity index (χ0n) is 12.0. The number of benzene rings is 2. The second-order valence-corrected chi connectivity index (χ2v) is 5.94. The number of alkyl halides is 2. The van der Waals surface area contributed by atoms with Crippen molar-refractivity contribution in [2.75, 3.05) is 0 Å². The first kappa shape index (κ1) is 20.8. The molecule has 0 N–H and O–H groups in total. The maximum Gasteiger partial charge on any atom is 0.266 e. The number of hydrogen-bond donors (Lipinski definition) is 0. The van der Waals surface area contributed by atoms with Gasteiger partial charge in [-0.25, -0.2) is 27.3 Å². The zero-order valence-corrected chi connectivity index (χ0v) is 15.2. The lowest BCUT2D eigenvalue weighted by atomic mass is 10.2. The van der Waals surface area contributed by atoms with Gasteiger partial charge < -0.3 is 0 Å². The molecule has 0 radical (unpaired) electrons. The quantitative estimate of drug-likeness (QED) is 0.259. The van der Waals surface area contributed by atoms with Crippen LogP contribution in [-0.2, 0) is 0 Å². The molecule has 0 bridgehead atoms. The van der Waals surface area contributed by atoms with E-state index in [0.717, 1.165) is 6.07 Å². The largest absolute Gasteiger partial charge is 0.298 e. The maximum absolute atomic E-state index is 13.1. The molecule has 2 aromatic carbocycles. The first-order valence-electron chi connectivity index (χ1n) is 6.22. The van der Waals surface area contributed by atoms with Gasteiger partial charge in [0.2, 0.25) is 11.4 Å². The summed E-state index contributed by atoms with van der Waals surface area (Å²) in [6.45, 7) is 13.1. The molecule has 0 aliphatic rings. The molecule has 0 unspecified atom stereocenters. The SMILES string of the molecule is [C-]#[N+]c1ccc(Br)c(C(F)F)c1F.[C-]#[N+]c1ccc(Br)c(C=O)c1F. The van der Waals surface area contributed by atoms with E-state index in [1.54, 1.807) is 0 Å². The van der Waals surface area contributed by atoms with E-state index in [0.29, 0.717) is 10.8 Å². The Morgan fingerprint density at radius 1 is 0.920 bits per heavy atom. The van der Waals surface area contributed by atoms with Crippen LogP contribution >= 0.6 is 31.9 Å². The van der Waals surface area contributed by atoms with Gasteiger partial charge in [-0.3, -0.25) is 4.79 Å². The summed E-state index contributed by atoms with van der Waals surface area (Å²) in [6.07, 6.45) is -2.54. The number of aldehydes is 1. The van der Waals surface area contributed by atoms with Gasteiger partial charge in [-0.05, 0) is 0 Å². The molecule has 0 aliphatic heterocycles. The zero-order chi connectivity index (χ0) is 19.1. The fraction of sp³-hybridized carbons (Fsp3) is 0.0625. The topological polar surface area (TPSA) is 25.8 Å². The molecule has 0 saturated heterocycles. The molecule has 0 aliphatic carbocycles. The van der Waals surface area contributed by atoms with Crippen molar-refractivity contribution >= 4 is 49.5 Å². The third-order valence-electron chi connectivity index (χ3n) is 2.79. The van der Waals surface area contributed by atoms with Crippen LogP contribution in [-0.4, -0.2) is 6.29 Å². The summed E-state index contributed by atoms with van der Waals surface area (Å²) in [6, 6.07) is 5.18. The Balaban J connectivity index is 0.000000251. The van der Waals surface area contributed by atoms with E-state index in [2.05, 4.69) is 41.5 Å². The minimum atomic E-state index is -2.92. The Hall–Kier alpha value is -2.23. The summed E-state index contributed by atoms with van der Waals surface area (Å²) < 4.78 is 50.9. The molecule has 0 heterocycles. The normalized spacial score (nSPS) is 9.64. The van der Waals surface area contributed by atoms with Gasteiger partial charge in [-0.1, -0.05) is 56.1 Å². The number of hydrogen-bond acceptors (Lipinski definition) is 1. The first-order valence-corrected chi connectivity index (χ1v) is 7.81. The lowest BCUT2D eigenvalue weighted by Gasteiger charge is -2.05. The van der Waals surface area contributed by atoms with E-state index in [-0.39, 0.29) is 15.7 Å². The minimum Gasteiger partial charge on any atom is -0.298 e. The van der Waals surface area contributed by atoms with Crippen LogP contribution in [0.4, 0.5) is 28.9 Å². The fourth-order valence-electron chi connectivity index (χ4n) is 1.60. The number of rotatable bonds is 2. The average molecular weight is 478 g/mol. The monoisotopic (exact) mass is 476 g/mol. The molecule has 0 saturated carbocycles. The fourth-order valence-corrected chi connectivity index (χ4v) is 2.48. The Morgan fingerprint density at radius 2 is 1.40 bits per heavy atom. The van der Waals surface area contributed by atoms with E-state index in [1.165, 1.54) is 18.2 Å². The van der Waals surface area contributed by atoms with Crippen LogP contribution in [0.2, 0.25) is 0 Å². The third-order valence-corrected chi connectivity index (χ3v) is 4.17. The first-order chi connectivity index (χ1) is 11.8. The summed E-state index contributed by atoms with van der Waals surface area (Å²) in [5, 5.41) is 0. The van der Waals surface area contributed by atoms with E-state index in [4.69, 9.17) is 13.1 Å². The maximum atomic E-state index is 13.1. The number of nitrogens with zero attached hydrogens (tertiary/aromatic N) is 2. The van der Waals surface area contributed by atoms with Gasteiger partial charge in [-0.15, -0.1) is 0 Å². The average Bonchev–Trinajstić information content (AvgIpc) is 2.56. The molecule has 3 nitrogen and oxygen atoms in total. The van der Waals surface area contributed by atoms with Gasteiger partial charge in [0.1, 0.15) is 11.6 Å². The summed E-state index contributed by atoms with van der Waals surface area (Å²) in [4.78, 5) is 16.0. The minimum absolute atomic E-state index is 0.0209. The molecule has 2 aromatic rings. The number of carbonyl (C=O) groups is 1. The summed E-state index contributed by atoms with van der Waals surface area (Å²) >= 11 is 5.78. The molecule has 0 aromatic heterocycles. The van der Waals surface area contributed by atoms with Gasteiger partial charge >= 0.3 is 0 Å². The molecule has 128 valence electrons. The molecule has 0 atom stereocenters. The standard InChI is InChI=1S/C8H3BrF3N.C8H3BrFNO/c1-13-5-3-2-4(9)6(7(5)10)8(11)12;1-11-7-3-2-6(9)5(4-12)8(7)10/h2-3,8H;2-4H. The number of halogens is 6. The van der Waals surface area contributed by atoms with E-state index in [1.807, 2.05) is 0 Å². The van der Waals surface area contributed by atoms with E-state index in [9.17, 15) is 22.4 Å². The Morgan fingerprint density at radius 3 is 1.84 bits per heavy atom. The highest BCUT2D eigenvalue weighted by molar-refractivity contribution is 9.10. The van der Waals surface area contributed by atoms with Crippen molar-refractivity contribution in [3.8, 4) is 0 Å². The molecule has 0 amide bonds. The van der Waals surface area contributed by atoms with Crippen LogP contribution in [0.3, 0.4) is 0 Å². The van der Waals surface area contributed by atoms with Crippen molar-refractivity contribution in [2.45, 2.75) is 6.43 Å². The van der Waals surface area contributed by atoms with Crippen molar-refractivity contribution in [3.05, 3.63) is 78.8 Å². The highest BCUT2D eigenvalue weighted by Gasteiger charge is 2.19. The van der Waals surface area contributed by atoms with Crippen LogP contribution in [0.5, 0.6) is 0 Å². The molecule has 2 rings (SSSR count). The van der Waals surface area contributed by atoms with Crippen molar-refractivity contribution in [2.24, 2.45) is 0 Å². The molecular formula is C16H6Br2F4N2O. The van der Waals surface area contributed by atoms with Gasteiger partial charge in [0.05, 0.1) is 24.3 Å². The van der Waals surface area contributed by atoms with Gasteiger partial charge in [0, 0.05) is 8.95 Å². The Kier molecular flexibility index (Phi) is 7.75. The van der Waals surface area contributed by atoms with Crippen molar-refractivity contribution in [1.82, 2.24) is 0 Å². The molecular weight excluding hydrogens is 472 g/mol. The van der Waals surface area contributed by atoms with Crippen LogP contribution in [0.15, 0.2) is 33.2 Å². The Bertz CT molecular complexity index is 889. The van der Waals surface area contributed by atoms with E-state index < -0.39 is 29.3 Å². The van der Waals surface area contributed by atoms with Crippen LogP contribution < -0.4 is 0 Å². The van der Waals surface area contributed by atoms with Crippen LogP contribution in [0, 0.1) is 24.8 Å². The predicted octanol–water partition coefficient (Wildman–Crippen LogP) is 7.03. The summed E-state index contributed by atoms with van der Waals surface area (Å²) in [7, 11) is 0. The smallest absolute Gasteiger partial charge is 0.266 e. The van der Waals surface area contributed by atoms with Crippen molar-refractivity contribution in [3.63, 3.8) is 0 Å². The van der Waals surface area contributed by atoms with E-state index >= 15 is 0 Å². The van der Waals surface area contributed by atoms with Crippen molar-refractivity contribution < 1.29 is 22.4 Å². The highest BCUT2D eigenvalue weighted by atomic mass is 79.9. The van der Waals surface area contributed by atoms with Gasteiger partial charge in [0.15, 0.2) is 6.29 Å². The molecule has 0 spiro atoms. The molecule has 0 fully saturated rings. The second-order valence-electron chi connectivity index (χ2n) is 4.23. The highest BCUT2D eigenvalue weighted by Crippen LogP contribution is 2.34. The lowest BCUT2D eigenvalue weighted by Crippen LogP contribution is -1.92. The lowest BCUT2D eigenvalue weighted by molar-refractivity contribution is 0.111. The van der Waals surface area contributed by atoms with Crippen LogP contribution in [0.25, 0.3) is 9.69 Å². The predicted molar refractivity (Wildman–Crippen MR) is 91.1 cm³/mol. The van der Waals surface area contributed by atoms with Gasteiger partial charge in [0.25, 0.3) is 6.43 Å². The molecule has 9 heteroatoms. The number of carbonyl (C=O) groups excluding carboxylic acids is 1. The van der Waals surface area contributed by atoms with Crippen molar-refractivity contribution in [1.29, 1.82) is 0 Å². The van der Waals surface area contributed by atoms with Crippen LogP contribution in [0.1, 0.15) is 22.3 Å². The van der Waals surface area contributed by atoms with Gasteiger partial charge in [-0.2, -0.15) is 0 Å². The Labute approximate surface area is 157 Å². The summed E-state index contributed by atoms with van der Waals surface area (Å²) in [5.41, 5.74) is -1.39. The summed E-state index contributed by atoms with van der Waals surface area (Å²) in [5.74, 6) is -1.92. The second kappa shape index (κ2) is 9.30.